The lowest BCUT2D eigenvalue weighted by atomic mass is 9.70. The summed E-state index contributed by atoms with van der Waals surface area (Å²) in [4.78, 5) is 0. The molecule has 14 rings (SSSR count). The SMILES string of the molecule is c1ccc2c(c1)-c1ccc(-c3ccc4c5c(cccc35)-c3cc(-c5cccc6oc7ccccc7c56)ccc3O4)cc1C21c2ccccc2-c2c1ccc1ccccc21. The lowest BCUT2D eigenvalue weighted by Gasteiger charge is -2.31. The normalized spacial score (nSPS) is 15.3. The summed E-state index contributed by atoms with van der Waals surface area (Å²) in [6.07, 6.45) is 0. The molecule has 0 saturated heterocycles. The van der Waals surface area contributed by atoms with Gasteiger partial charge in [-0.05, 0) is 125 Å². The zero-order chi connectivity index (χ0) is 38.4. The van der Waals surface area contributed by atoms with Crippen molar-refractivity contribution in [3.8, 4) is 67.1 Å². The first-order valence-electron chi connectivity index (χ1n) is 20.4. The van der Waals surface area contributed by atoms with Crippen molar-refractivity contribution in [1.82, 2.24) is 0 Å². The van der Waals surface area contributed by atoms with Crippen LogP contribution in [-0.2, 0) is 5.41 Å². The minimum Gasteiger partial charge on any atom is -0.456 e. The number of rotatable bonds is 2. The van der Waals surface area contributed by atoms with Gasteiger partial charge in [0.05, 0.1) is 5.41 Å². The first-order valence-corrected chi connectivity index (χ1v) is 20.4. The van der Waals surface area contributed by atoms with Crippen LogP contribution in [0.4, 0.5) is 0 Å². The van der Waals surface area contributed by atoms with Crippen molar-refractivity contribution in [3.63, 3.8) is 0 Å². The van der Waals surface area contributed by atoms with Gasteiger partial charge in [0.1, 0.15) is 22.7 Å². The second-order valence-corrected chi connectivity index (χ2v) is 16.2. The molecule has 1 unspecified atom stereocenters. The average molecular weight is 749 g/mol. The van der Waals surface area contributed by atoms with E-state index < -0.39 is 5.41 Å². The highest BCUT2D eigenvalue weighted by molar-refractivity contribution is 6.14. The summed E-state index contributed by atoms with van der Waals surface area (Å²) < 4.78 is 13.0. The highest BCUT2D eigenvalue weighted by Crippen LogP contribution is 2.64. The van der Waals surface area contributed by atoms with Gasteiger partial charge < -0.3 is 9.15 Å². The van der Waals surface area contributed by atoms with E-state index in [0.29, 0.717) is 0 Å². The van der Waals surface area contributed by atoms with Crippen LogP contribution in [0.3, 0.4) is 0 Å². The van der Waals surface area contributed by atoms with Crippen molar-refractivity contribution >= 4 is 43.5 Å². The Labute approximate surface area is 340 Å². The fourth-order valence-corrected chi connectivity index (χ4v) is 11.1. The zero-order valence-electron chi connectivity index (χ0n) is 31.8. The Morgan fingerprint density at radius 1 is 0.322 bits per heavy atom. The molecule has 1 atom stereocenters. The van der Waals surface area contributed by atoms with Gasteiger partial charge in [-0.3, -0.25) is 0 Å². The van der Waals surface area contributed by atoms with Crippen LogP contribution in [0.15, 0.2) is 199 Å². The highest BCUT2D eigenvalue weighted by atomic mass is 16.5. The summed E-state index contributed by atoms with van der Waals surface area (Å²) in [6.45, 7) is 0. The van der Waals surface area contributed by atoms with Crippen LogP contribution in [0.2, 0.25) is 0 Å². The van der Waals surface area contributed by atoms with Gasteiger partial charge in [0, 0.05) is 21.7 Å². The van der Waals surface area contributed by atoms with Crippen LogP contribution in [0.1, 0.15) is 22.3 Å². The van der Waals surface area contributed by atoms with Gasteiger partial charge in [-0.15, -0.1) is 0 Å². The van der Waals surface area contributed by atoms with Gasteiger partial charge in [-0.2, -0.15) is 0 Å². The molecule has 11 aromatic rings. The predicted molar refractivity (Wildman–Crippen MR) is 241 cm³/mol. The maximum Gasteiger partial charge on any atom is 0.136 e. The number of fused-ring (bicyclic) bond motifs is 17. The van der Waals surface area contributed by atoms with Gasteiger partial charge in [-0.1, -0.05) is 158 Å². The van der Waals surface area contributed by atoms with E-state index in [1.54, 1.807) is 0 Å². The molecule has 2 nitrogen and oxygen atoms in total. The maximum atomic E-state index is 6.76. The minimum atomic E-state index is -0.439. The van der Waals surface area contributed by atoms with Crippen molar-refractivity contribution in [2.24, 2.45) is 0 Å². The third kappa shape index (κ3) is 3.96. The maximum absolute atomic E-state index is 6.76. The Morgan fingerprint density at radius 2 is 0.966 bits per heavy atom. The molecule has 0 fully saturated rings. The molecule has 0 saturated carbocycles. The molecule has 272 valence electrons. The summed E-state index contributed by atoms with van der Waals surface area (Å²) >= 11 is 0. The number of ether oxygens (including phenoxy) is 1. The molecule has 0 bridgehead atoms. The first kappa shape index (κ1) is 31.4. The van der Waals surface area contributed by atoms with Gasteiger partial charge >= 0.3 is 0 Å². The Morgan fingerprint density at radius 3 is 1.90 bits per heavy atom. The van der Waals surface area contributed by atoms with Crippen molar-refractivity contribution in [2.45, 2.75) is 5.41 Å². The van der Waals surface area contributed by atoms with Crippen LogP contribution in [0, 0.1) is 0 Å². The van der Waals surface area contributed by atoms with Crippen molar-refractivity contribution in [3.05, 3.63) is 216 Å². The molecule has 0 amide bonds. The third-order valence-corrected chi connectivity index (χ3v) is 13.5. The van der Waals surface area contributed by atoms with Crippen molar-refractivity contribution < 1.29 is 9.15 Å². The van der Waals surface area contributed by atoms with E-state index in [1.807, 2.05) is 12.1 Å². The minimum absolute atomic E-state index is 0.439. The van der Waals surface area contributed by atoms with Crippen LogP contribution >= 0.6 is 0 Å². The van der Waals surface area contributed by atoms with Crippen molar-refractivity contribution in [2.75, 3.05) is 0 Å². The predicted octanol–water partition coefficient (Wildman–Crippen LogP) is 15.3. The van der Waals surface area contributed by atoms with Crippen LogP contribution in [0.25, 0.3) is 99.1 Å². The van der Waals surface area contributed by atoms with Crippen LogP contribution in [-0.4, -0.2) is 0 Å². The number of furan rings is 1. The summed E-state index contributed by atoms with van der Waals surface area (Å²) in [5, 5.41) is 7.16. The fraction of sp³-hybridized carbons (Fsp3) is 0.0175. The van der Waals surface area contributed by atoms with E-state index in [1.165, 1.54) is 77.4 Å². The number of hydrogen-bond donors (Lipinski definition) is 0. The Balaban J connectivity index is 0.978. The number of hydrogen-bond acceptors (Lipinski definition) is 2. The molecule has 0 N–H and O–H groups in total. The Kier molecular flexibility index (Phi) is 5.99. The third-order valence-electron chi connectivity index (χ3n) is 13.5. The standard InChI is InChI=1S/C57H32O2/c1-2-12-37-33(11-1)24-28-48-54(37)43-14-4-7-20-47(43)57(48)46-19-6-3-13-39(46)40-26-23-35(32-49(40)57)36-27-30-53-56-41(36)17-9-18-42(56)45-31-34(25-29-51(45)59-53)38-16-10-22-52-55(38)44-15-5-8-21-50(44)58-52/h1-32H. The molecular weight excluding hydrogens is 717 g/mol. The molecule has 2 heterocycles. The number of para-hydroxylation sites is 1. The van der Waals surface area contributed by atoms with Gasteiger partial charge in [0.15, 0.2) is 0 Å². The summed E-state index contributed by atoms with van der Waals surface area (Å²) in [6, 6.07) is 71.3. The van der Waals surface area contributed by atoms with E-state index in [2.05, 4.69) is 182 Å². The molecule has 2 aliphatic carbocycles. The zero-order valence-corrected chi connectivity index (χ0v) is 31.8. The quantitative estimate of drug-likeness (QED) is 0.176. The highest BCUT2D eigenvalue weighted by Gasteiger charge is 2.52. The van der Waals surface area contributed by atoms with Crippen LogP contribution < -0.4 is 4.74 Å². The summed E-state index contributed by atoms with van der Waals surface area (Å²) in [7, 11) is 0. The monoisotopic (exact) mass is 748 g/mol. The molecule has 10 aromatic carbocycles. The molecule has 59 heavy (non-hydrogen) atoms. The summed E-state index contributed by atoms with van der Waals surface area (Å²) in [5.74, 6) is 1.76. The second-order valence-electron chi connectivity index (χ2n) is 16.2. The second kappa shape index (κ2) is 11.2. The van der Waals surface area contributed by atoms with E-state index in [4.69, 9.17) is 9.15 Å². The van der Waals surface area contributed by atoms with E-state index in [-0.39, 0.29) is 0 Å². The molecular formula is C57H32O2. The largest absolute Gasteiger partial charge is 0.456 e. The average Bonchev–Trinajstić information content (AvgIpc) is 3.93. The smallest absolute Gasteiger partial charge is 0.136 e. The molecule has 0 radical (unpaired) electrons. The van der Waals surface area contributed by atoms with Gasteiger partial charge in [-0.25, -0.2) is 0 Å². The number of benzene rings is 10. The van der Waals surface area contributed by atoms with Gasteiger partial charge in [0.25, 0.3) is 0 Å². The fourth-order valence-electron chi connectivity index (χ4n) is 11.1. The lowest BCUT2D eigenvalue weighted by Crippen LogP contribution is -2.25. The van der Waals surface area contributed by atoms with E-state index >= 15 is 0 Å². The lowest BCUT2D eigenvalue weighted by molar-refractivity contribution is 0.487. The van der Waals surface area contributed by atoms with Gasteiger partial charge in [0.2, 0.25) is 0 Å². The van der Waals surface area contributed by atoms with Crippen LogP contribution in [0.5, 0.6) is 11.5 Å². The Hall–Kier alpha value is -7.68. The van der Waals surface area contributed by atoms with E-state index in [9.17, 15) is 0 Å². The summed E-state index contributed by atoms with van der Waals surface area (Å²) in [5.41, 5.74) is 19.0. The molecule has 1 spiro atoms. The van der Waals surface area contributed by atoms with E-state index in [0.717, 1.165) is 55.5 Å². The topological polar surface area (TPSA) is 22.4 Å². The molecule has 2 heteroatoms. The molecule has 1 aliphatic heterocycles. The first-order chi connectivity index (χ1) is 29.3. The molecule has 1 aromatic heterocycles. The van der Waals surface area contributed by atoms with Crippen molar-refractivity contribution in [1.29, 1.82) is 0 Å². The Bertz CT molecular complexity index is 3660. The molecule has 3 aliphatic rings.